The van der Waals surface area contributed by atoms with Crippen LogP contribution in [0.25, 0.3) is 27.2 Å². The van der Waals surface area contributed by atoms with Gasteiger partial charge in [-0.3, -0.25) is 4.79 Å². The summed E-state index contributed by atoms with van der Waals surface area (Å²) in [5.41, 5.74) is 4.70. The molecule has 5 aromatic rings. The van der Waals surface area contributed by atoms with Gasteiger partial charge in [0.15, 0.2) is 6.61 Å². The molecule has 0 unspecified atom stereocenters. The lowest BCUT2D eigenvalue weighted by molar-refractivity contribution is -0.119. The molecular weight excluding hydrogens is 460 g/mol. The normalized spacial score (nSPS) is 10.9. The van der Waals surface area contributed by atoms with Gasteiger partial charge in [0.1, 0.15) is 0 Å². The number of fused-ring (bicyclic) bond motifs is 1. The van der Waals surface area contributed by atoms with E-state index in [9.17, 15) is 9.59 Å². The highest BCUT2D eigenvalue weighted by molar-refractivity contribution is 7.13. The number of aryl methyl sites for hydroxylation is 1. The maximum atomic E-state index is 13.0. The summed E-state index contributed by atoms with van der Waals surface area (Å²) in [7, 11) is 0. The average molecular weight is 483 g/mol. The standard InChI is InChI=1S/C27H22N4O3S/c1-17-26(18(2)31(30-17)19-9-4-3-5-10-19)29-25(32)16-34-27(33)21-15-23(24-13-8-14-35-24)28-22-12-7-6-11-20(21)22/h3-15H,16H2,1-2H3,(H,29,32). The first-order valence-electron chi connectivity index (χ1n) is 11.0. The molecular formula is C27H22N4O3S. The zero-order valence-corrected chi connectivity index (χ0v) is 20.0. The van der Waals surface area contributed by atoms with Gasteiger partial charge in [-0.05, 0) is 49.6 Å². The Balaban J connectivity index is 1.33. The van der Waals surface area contributed by atoms with Gasteiger partial charge in [-0.1, -0.05) is 42.5 Å². The highest BCUT2D eigenvalue weighted by atomic mass is 32.1. The van der Waals surface area contributed by atoms with E-state index in [1.165, 1.54) is 0 Å². The second kappa shape index (κ2) is 9.52. The molecule has 2 aromatic carbocycles. The van der Waals surface area contributed by atoms with Crippen molar-refractivity contribution in [3.63, 3.8) is 0 Å². The Morgan fingerprint density at radius 2 is 1.77 bits per heavy atom. The van der Waals surface area contributed by atoms with Crippen LogP contribution in [0, 0.1) is 13.8 Å². The molecule has 0 fully saturated rings. The fraction of sp³-hybridized carbons (Fsp3) is 0.111. The van der Waals surface area contributed by atoms with Crippen molar-refractivity contribution < 1.29 is 14.3 Å². The average Bonchev–Trinajstić information content (AvgIpc) is 3.52. The SMILES string of the molecule is Cc1nn(-c2ccccc2)c(C)c1NC(=O)COC(=O)c1cc(-c2cccs2)nc2ccccc12. The van der Waals surface area contributed by atoms with Crippen molar-refractivity contribution in [3.8, 4) is 16.3 Å². The van der Waals surface area contributed by atoms with E-state index in [-0.39, 0.29) is 0 Å². The van der Waals surface area contributed by atoms with E-state index >= 15 is 0 Å². The Morgan fingerprint density at radius 1 is 1.00 bits per heavy atom. The van der Waals surface area contributed by atoms with Gasteiger partial charge in [0.05, 0.1) is 44.4 Å². The molecule has 1 amide bonds. The Bertz CT molecular complexity index is 1530. The molecule has 174 valence electrons. The van der Waals surface area contributed by atoms with Gasteiger partial charge in [-0.15, -0.1) is 11.3 Å². The third-order valence-electron chi connectivity index (χ3n) is 5.60. The second-order valence-electron chi connectivity index (χ2n) is 7.97. The second-order valence-corrected chi connectivity index (χ2v) is 8.91. The van der Waals surface area contributed by atoms with Crippen LogP contribution in [0.2, 0.25) is 0 Å². The number of pyridine rings is 1. The van der Waals surface area contributed by atoms with Gasteiger partial charge in [0.25, 0.3) is 5.91 Å². The molecule has 3 heterocycles. The number of nitrogens with one attached hydrogen (secondary N) is 1. The summed E-state index contributed by atoms with van der Waals surface area (Å²) in [5, 5.41) is 10.0. The van der Waals surface area contributed by atoms with Gasteiger partial charge >= 0.3 is 5.97 Å². The number of para-hydroxylation sites is 2. The van der Waals surface area contributed by atoms with Gasteiger partial charge in [-0.25, -0.2) is 14.5 Å². The van der Waals surface area contributed by atoms with Crippen LogP contribution >= 0.6 is 11.3 Å². The van der Waals surface area contributed by atoms with Gasteiger partial charge in [0.2, 0.25) is 0 Å². The summed E-state index contributed by atoms with van der Waals surface area (Å²) in [5.74, 6) is -1.01. The number of aromatic nitrogens is 3. The predicted octanol–water partition coefficient (Wildman–Crippen LogP) is 5.56. The predicted molar refractivity (Wildman–Crippen MR) is 137 cm³/mol. The molecule has 35 heavy (non-hydrogen) atoms. The van der Waals surface area contributed by atoms with Crippen molar-refractivity contribution in [2.45, 2.75) is 13.8 Å². The molecule has 0 aliphatic rings. The minimum atomic E-state index is -0.579. The summed E-state index contributed by atoms with van der Waals surface area (Å²) in [4.78, 5) is 31.3. The van der Waals surface area contributed by atoms with Crippen molar-refractivity contribution in [2.24, 2.45) is 0 Å². The first-order chi connectivity index (χ1) is 17.0. The highest BCUT2D eigenvalue weighted by Gasteiger charge is 2.19. The fourth-order valence-electron chi connectivity index (χ4n) is 3.92. The highest BCUT2D eigenvalue weighted by Crippen LogP contribution is 2.28. The monoisotopic (exact) mass is 482 g/mol. The molecule has 7 nitrogen and oxygen atoms in total. The van der Waals surface area contributed by atoms with Crippen LogP contribution in [0.1, 0.15) is 21.7 Å². The minimum Gasteiger partial charge on any atom is -0.452 e. The van der Waals surface area contributed by atoms with Crippen LogP contribution in [0.15, 0.2) is 78.2 Å². The quantitative estimate of drug-likeness (QED) is 0.320. The van der Waals surface area contributed by atoms with Crippen molar-refractivity contribution in [3.05, 3.63) is 95.1 Å². The summed E-state index contributed by atoms with van der Waals surface area (Å²) >= 11 is 1.54. The lowest BCUT2D eigenvalue weighted by Gasteiger charge is -2.10. The fourth-order valence-corrected chi connectivity index (χ4v) is 4.61. The number of anilines is 1. The number of nitrogens with zero attached hydrogens (tertiary/aromatic N) is 3. The number of hydrogen-bond donors (Lipinski definition) is 1. The largest absolute Gasteiger partial charge is 0.452 e. The first kappa shape index (κ1) is 22.5. The number of amides is 1. The Labute approximate surface area is 206 Å². The van der Waals surface area contributed by atoms with E-state index in [0.717, 1.165) is 16.3 Å². The maximum absolute atomic E-state index is 13.0. The summed E-state index contributed by atoms with van der Waals surface area (Å²) in [6.07, 6.45) is 0. The third-order valence-corrected chi connectivity index (χ3v) is 6.49. The van der Waals surface area contributed by atoms with Gasteiger partial charge in [0, 0.05) is 5.39 Å². The lowest BCUT2D eigenvalue weighted by Crippen LogP contribution is -2.21. The molecule has 0 aliphatic carbocycles. The summed E-state index contributed by atoms with van der Waals surface area (Å²) in [6, 6.07) is 22.7. The molecule has 0 aliphatic heterocycles. The zero-order chi connectivity index (χ0) is 24.4. The van der Waals surface area contributed by atoms with Crippen molar-refractivity contribution >= 4 is 39.8 Å². The summed E-state index contributed by atoms with van der Waals surface area (Å²) in [6.45, 7) is 3.28. The first-order valence-corrected chi connectivity index (χ1v) is 11.9. The van der Waals surface area contributed by atoms with Crippen molar-refractivity contribution in [1.82, 2.24) is 14.8 Å². The number of rotatable bonds is 6. The molecule has 0 saturated carbocycles. The van der Waals surface area contributed by atoms with E-state index in [0.29, 0.717) is 33.5 Å². The number of carbonyl (C=O) groups excluding carboxylic acids is 2. The third kappa shape index (κ3) is 4.56. The van der Waals surface area contributed by atoms with Crippen molar-refractivity contribution in [2.75, 3.05) is 11.9 Å². The number of thiophene rings is 1. The van der Waals surface area contributed by atoms with Crippen LogP contribution in [0.4, 0.5) is 5.69 Å². The molecule has 0 atom stereocenters. The topological polar surface area (TPSA) is 86.1 Å². The molecule has 8 heteroatoms. The number of benzene rings is 2. The van der Waals surface area contributed by atoms with Gasteiger partial charge < -0.3 is 10.1 Å². The smallest absolute Gasteiger partial charge is 0.339 e. The van der Waals surface area contributed by atoms with E-state index in [2.05, 4.69) is 15.4 Å². The molecule has 0 spiro atoms. The molecule has 1 N–H and O–H groups in total. The van der Waals surface area contributed by atoms with Gasteiger partial charge in [-0.2, -0.15) is 5.10 Å². The van der Waals surface area contributed by atoms with Crippen LogP contribution in [-0.4, -0.2) is 33.2 Å². The van der Waals surface area contributed by atoms with E-state index in [1.807, 2.05) is 86.0 Å². The van der Waals surface area contributed by atoms with Crippen LogP contribution in [0.3, 0.4) is 0 Å². The number of hydrogen-bond acceptors (Lipinski definition) is 6. The molecule has 0 radical (unpaired) electrons. The van der Waals surface area contributed by atoms with E-state index in [4.69, 9.17) is 4.74 Å². The van der Waals surface area contributed by atoms with E-state index in [1.54, 1.807) is 22.1 Å². The van der Waals surface area contributed by atoms with Crippen LogP contribution < -0.4 is 5.32 Å². The Hall–Kier alpha value is -4.30. The Kier molecular flexibility index (Phi) is 6.12. The van der Waals surface area contributed by atoms with Crippen LogP contribution in [-0.2, 0) is 9.53 Å². The maximum Gasteiger partial charge on any atom is 0.339 e. The Morgan fingerprint density at radius 3 is 2.54 bits per heavy atom. The van der Waals surface area contributed by atoms with Crippen molar-refractivity contribution in [1.29, 1.82) is 0 Å². The number of esters is 1. The van der Waals surface area contributed by atoms with E-state index < -0.39 is 18.5 Å². The molecule has 3 aromatic heterocycles. The summed E-state index contributed by atoms with van der Waals surface area (Å²) < 4.78 is 7.18. The lowest BCUT2D eigenvalue weighted by atomic mass is 10.1. The zero-order valence-electron chi connectivity index (χ0n) is 19.2. The van der Waals surface area contributed by atoms with Crippen LogP contribution in [0.5, 0.6) is 0 Å². The molecule has 0 bridgehead atoms. The molecule has 5 rings (SSSR count). The minimum absolute atomic E-state index is 0.371. The molecule has 0 saturated heterocycles. The number of ether oxygens (including phenoxy) is 1. The number of carbonyl (C=O) groups is 2.